The molecule has 0 atom stereocenters. The molecule has 330 valence electrons. The Balaban J connectivity index is 0.00000496. The summed E-state index contributed by atoms with van der Waals surface area (Å²) >= 11 is 0. The van der Waals surface area contributed by atoms with Gasteiger partial charge in [0.05, 0.1) is 25.3 Å². The summed E-state index contributed by atoms with van der Waals surface area (Å²) in [7, 11) is 0. The fourth-order valence-corrected chi connectivity index (χ4v) is 6.47. The Morgan fingerprint density at radius 3 is 2.10 bits per heavy atom. The molecule has 0 spiro atoms. The van der Waals surface area contributed by atoms with Gasteiger partial charge in [-0.2, -0.15) is 19.9 Å². The second-order valence-corrected chi connectivity index (χ2v) is 13.5. The van der Waals surface area contributed by atoms with E-state index >= 15 is 0 Å². The number of amides is 5. The zero-order valence-corrected chi connectivity index (χ0v) is 35.8. The fourth-order valence-electron chi connectivity index (χ4n) is 6.47. The van der Waals surface area contributed by atoms with Crippen LogP contribution in [0, 0.1) is 22.9 Å². The van der Waals surface area contributed by atoms with Gasteiger partial charge < -0.3 is 40.7 Å². The van der Waals surface area contributed by atoms with Crippen LogP contribution in [0.4, 0.5) is 22.0 Å². The molecule has 4 aromatic carbocycles. The number of nitrogens with zero attached hydrogens (tertiary/aromatic N) is 3. The zero-order chi connectivity index (χ0) is 42.6. The van der Waals surface area contributed by atoms with Gasteiger partial charge in [0.2, 0.25) is 18.2 Å². The maximum atomic E-state index is 14.9. The number of primary amides is 1. The minimum atomic E-state index is -2.59. The van der Waals surface area contributed by atoms with Gasteiger partial charge in [-0.15, -0.1) is 0 Å². The van der Waals surface area contributed by atoms with Gasteiger partial charge >= 0.3 is 0 Å². The normalized spacial score (nSPS) is 12.2. The number of nitrogens with two attached hydrogens (primary N) is 1. The standard InChI is InChI=1S/C42H40F5N6O6.Fm.H2S/c43-33-9-8-27(20-36(48)30-6-1-2-7-31(30)40(49)56)19-32(33)42(58)53-13-11-52(12-14-53)38(55)24-51(25-54)15-17-59-16-10-50-41(57)39-34(44)22-29(23-35(39)45)28-5-3-4-26(18-28)21-37(46)47;;/h1-9,18-19,22-23,37,48H,10-17,20-21,24H2,(H2,49,56)(H,50,57);;1H2/q-1;;. The van der Waals surface area contributed by atoms with Crippen LogP contribution >= 0.6 is 13.5 Å². The molecule has 0 bridgehead atoms. The van der Waals surface area contributed by atoms with Crippen molar-refractivity contribution in [1.82, 2.24) is 20.0 Å². The average Bonchev–Trinajstić information content (AvgIpc) is 3.21. The van der Waals surface area contributed by atoms with Crippen LogP contribution < -0.4 is 11.1 Å². The summed E-state index contributed by atoms with van der Waals surface area (Å²) in [6.45, 7) is -0.304. The van der Waals surface area contributed by atoms with Crippen LogP contribution in [-0.2, 0) is 27.2 Å². The molecular formula is C42H42F5FmN6O6S-. The van der Waals surface area contributed by atoms with E-state index in [1.54, 1.807) is 24.6 Å². The summed E-state index contributed by atoms with van der Waals surface area (Å²) < 4.78 is 75.5. The fraction of sp³-hybridized carbons (Fsp3) is 0.286. The Hall–Kier alpha value is -7.14. The van der Waals surface area contributed by atoms with Gasteiger partial charge in [-0.05, 0) is 52.6 Å². The van der Waals surface area contributed by atoms with E-state index < -0.39 is 59.5 Å². The molecule has 1 aliphatic rings. The van der Waals surface area contributed by atoms with E-state index in [1.165, 1.54) is 52.3 Å². The summed E-state index contributed by atoms with van der Waals surface area (Å²) in [4.78, 5) is 66.1. The summed E-state index contributed by atoms with van der Waals surface area (Å²) in [6, 6.07) is 18.0. The number of carbonyl (C=O) groups is 4. The third-order valence-electron chi connectivity index (χ3n) is 9.49. The maximum Gasteiger partial charge on any atom is 0.257 e. The number of ether oxygens (including phenoxy) is 1. The third-order valence-corrected chi connectivity index (χ3v) is 9.49. The second-order valence-electron chi connectivity index (χ2n) is 13.5. The van der Waals surface area contributed by atoms with Gasteiger partial charge in [0.1, 0.15) is 23.0 Å². The first kappa shape index (κ1) is 48.2. The SMILES string of the molecule is N=C(Cc1ccc(F)c(C(=O)N2CCN(C(=O)CN([C-]=O)CCOCCNC(=O)c3c(F)cc(-c4cccc(CC(F)F)c4)cc3F)CC2)c1)c1ccccc1C(N)=O.S.[Fm]. The molecule has 1 heterocycles. The number of benzene rings is 4. The number of hydrogen-bond acceptors (Lipinski definition) is 7. The van der Waals surface area contributed by atoms with E-state index in [9.17, 15) is 45.9 Å². The molecule has 0 aliphatic carbocycles. The minimum absolute atomic E-state index is 0. The molecule has 0 aromatic heterocycles. The summed E-state index contributed by atoms with van der Waals surface area (Å²) in [5.41, 5.74) is 6.08. The molecule has 1 fully saturated rings. The van der Waals surface area contributed by atoms with Crippen LogP contribution in [0.15, 0.2) is 78.9 Å². The monoisotopic (exact) mass is 1110 g/mol. The van der Waals surface area contributed by atoms with Crippen molar-refractivity contribution in [3.8, 4) is 11.1 Å². The Morgan fingerprint density at radius 1 is 0.803 bits per heavy atom. The number of rotatable bonds is 18. The van der Waals surface area contributed by atoms with E-state index in [4.69, 9.17) is 15.9 Å². The molecule has 4 aromatic rings. The molecule has 5 amide bonds. The van der Waals surface area contributed by atoms with Crippen molar-refractivity contribution in [3.63, 3.8) is 0 Å². The van der Waals surface area contributed by atoms with Crippen molar-refractivity contribution in [1.29, 1.82) is 5.41 Å². The van der Waals surface area contributed by atoms with Crippen molar-refractivity contribution < 1.29 is 50.7 Å². The van der Waals surface area contributed by atoms with Crippen molar-refractivity contribution >= 4 is 49.2 Å². The smallest absolute Gasteiger partial charge is 0.257 e. The molecule has 19 heteroatoms. The number of hydrogen-bond donors (Lipinski definition) is 3. The van der Waals surface area contributed by atoms with E-state index in [0.717, 1.165) is 23.1 Å². The molecule has 5 rings (SSSR count). The quantitative estimate of drug-likeness (QED) is 0.0437. The van der Waals surface area contributed by atoms with Crippen LogP contribution in [0.3, 0.4) is 0 Å². The molecule has 1 aliphatic heterocycles. The number of nitrogens with one attached hydrogen (secondary N) is 2. The Labute approximate surface area is 349 Å². The van der Waals surface area contributed by atoms with Gasteiger partial charge in [-0.3, -0.25) is 19.2 Å². The van der Waals surface area contributed by atoms with E-state index in [2.05, 4.69) is 5.32 Å². The van der Waals surface area contributed by atoms with Crippen LogP contribution in [0.1, 0.15) is 47.8 Å². The number of carbonyl (C=O) groups excluding carboxylic acids is 5. The predicted octanol–water partition coefficient (Wildman–Crippen LogP) is 4.50. The summed E-state index contributed by atoms with van der Waals surface area (Å²) in [6.07, 6.45) is -1.45. The first-order valence-corrected chi connectivity index (χ1v) is 18.4. The Bertz CT molecular complexity index is 2210. The molecule has 0 radical (unpaired) electrons. The molecular weight excluding hydrogens is 1070 g/mol. The van der Waals surface area contributed by atoms with Crippen LogP contribution in [0.25, 0.3) is 11.1 Å². The van der Waals surface area contributed by atoms with Gasteiger partial charge in [-0.25, -0.2) is 22.0 Å². The average molecular weight is 1110 g/mol. The number of alkyl halides is 2. The van der Waals surface area contributed by atoms with Crippen molar-refractivity contribution in [2.75, 3.05) is 59.0 Å². The van der Waals surface area contributed by atoms with Gasteiger partial charge in [-0.1, -0.05) is 48.5 Å². The predicted molar refractivity (Wildman–Crippen MR) is 217 cm³/mol. The molecule has 1 saturated heterocycles. The Morgan fingerprint density at radius 2 is 1.46 bits per heavy atom. The summed E-state index contributed by atoms with van der Waals surface area (Å²) in [5, 5.41) is 10.8. The number of piperazine rings is 1. The van der Waals surface area contributed by atoms with Gasteiger partial charge in [0, 0.05) is 68.9 Å². The molecule has 0 unspecified atom stereocenters. The van der Waals surface area contributed by atoms with Crippen LogP contribution in [0.2, 0.25) is 0 Å². The largest absolute Gasteiger partial charge is 0.520 e. The van der Waals surface area contributed by atoms with E-state index in [-0.39, 0.29) is 107 Å². The topological polar surface area (TPSA) is 166 Å². The van der Waals surface area contributed by atoms with Crippen LogP contribution in [0.5, 0.6) is 0 Å². The molecule has 4 N–H and O–H groups in total. The maximum absolute atomic E-state index is 14.9. The summed E-state index contributed by atoms with van der Waals surface area (Å²) in [5.74, 6) is -5.81. The number of halogens is 5. The first-order chi connectivity index (χ1) is 28.2. The van der Waals surface area contributed by atoms with Crippen LogP contribution in [-0.4, -0.2) is 116 Å². The molecule has 0 saturated carbocycles. The minimum Gasteiger partial charge on any atom is -0.520 e. The second kappa shape index (κ2) is 22.3. The molecule has 12 nitrogen and oxygen atoms in total. The van der Waals surface area contributed by atoms with Gasteiger partial charge in [0.25, 0.3) is 11.8 Å². The molecule has 61 heavy (non-hydrogen) atoms. The van der Waals surface area contributed by atoms with Crippen molar-refractivity contribution in [2.45, 2.75) is 19.3 Å². The van der Waals surface area contributed by atoms with E-state index in [0.29, 0.717) is 16.7 Å². The Kier molecular flexibility index (Phi) is 17.6. The third kappa shape index (κ3) is 12.7. The zero-order valence-electron chi connectivity index (χ0n) is 32.4. The van der Waals surface area contributed by atoms with Crippen molar-refractivity contribution in [2.24, 2.45) is 5.73 Å². The van der Waals surface area contributed by atoms with Gasteiger partial charge in [0.15, 0.2) is 0 Å². The van der Waals surface area contributed by atoms with Crippen molar-refractivity contribution in [3.05, 3.63) is 130 Å². The first-order valence-electron chi connectivity index (χ1n) is 18.4. The van der Waals surface area contributed by atoms with E-state index in [1.807, 2.05) is 0 Å².